The Morgan fingerprint density at radius 1 is 1.17 bits per heavy atom. The number of carbonyl (C=O) groups is 1. The highest BCUT2D eigenvalue weighted by Crippen LogP contribution is 2.31. The summed E-state index contributed by atoms with van der Waals surface area (Å²) in [5.74, 6) is -0.0479. The van der Waals surface area contributed by atoms with Gasteiger partial charge < -0.3 is 10.5 Å². The fraction of sp³-hybridized carbons (Fsp3) is 0.273. The number of hydrogen-bond donors (Lipinski definition) is 1. The van der Waals surface area contributed by atoms with Gasteiger partial charge in [-0.2, -0.15) is 8.78 Å². The van der Waals surface area contributed by atoms with Gasteiger partial charge in [-0.1, -0.05) is 42.5 Å². The van der Waals surface area contributed by atoms with Gasteiger partial charge in [0, 0.05) is 7.05 Å². The van der Waals surface area contributed by atoms with Crippen LogP contribution >= 0.6 is 0 Å². The second kappa shape index (κ2) is 11.0. The molecule has 1 amide bonds. The van der Waals surface area contributed by atoms with E-state index in [1.165, 1.54) is 19.2 Å². The van der Waals surface area contributed by atoms with Crippen LogP contribution in [0.4, 0.5) is 13.2 Å². The molecule has 0 spiro atoms. The Bertz CT molecular complexity index is 872. The van der Waals surface area contributed by atoms with E-state index in [1.54, 1.807) is 42.5 Å². The summed E-state index contributed by atoms with van der Waals surface area (Å²) in [5, 5.41) is 0. The molecule has 0 aliphatic rings. The molecule has 2 rings (SSSR count). The molecule has 0 bridgehead atoms. The van der Waals surface area contributed by atoms with Crippen molar-refractivity contribution >= 4 is 12.4 Å². The predicted octanol–water partition coefficient (Wildman–Crippen LogP) is 4.76. The molecule has 0 radical (unpaired) electrons. The summed E-state index contributed by atoms with van der Waals surface area (Å²) >= 11 is 0. The molecule has 2 aromatic carbocycles. The summed E-state index contributed by atoms with van der Waals surface area (Å²) in [4.78, 5) is 16.5. The van der Waals surface area contributed by atoms with E-state index in [9.17, 15) is 18.0 Å². The van der Waals surface area contributed by atoms with Crippen LogP contribution in [0, 0.1) is 0 Å². The van der Waals surface area contributed by atoms with Crippen molar-refractivity contribution < 1.29 is 22.7 Å². The number of guanidine groups is 1. The number of carbonyl (C=O) groups excluding carboxylic acids is 1. The number of halogens is 3. The van der Waals surface area contributed by atoms with Crippen LogP contribution in [0.1, 0.15) is 41.7 Å². The Morgan fingerprint density at radius 2 is 1.83 bits per heavy atom. The van der Waals surface area contributed by atoms with E-state index >= 15 is 0 Å². The van der Waals surface area contributed by atoms with Gasteiger partial charge >= 0.3 is 6.61 Å². The summed E-state index contributed by atoms with van der Waals surface area (Å²) in [6.07, 6.45) is 1.83. The first-order chi connectivity index (χ1) is 14.3. The lowest BCUT2D eigenvalue weighted by Crippen LogP contribution is -2.33. The number of alkyl halides is 3. The average molecular weight is 419 g/mol. The molecule has 0 aromatic heterocycles. The number of benzene rings is 2. The smallest absolute Gasteiger partial charge is 0.387 e. The van der Waals surface area contributed by atoms with E-state index in [2.05, 4.69) is 16.3 Å². The normalized spacial score (nSPS) is 13.6. The maximum Gasteiger partial charge on any atom is 0.387 e. The number of ether oxygens (including phenoxy) is 1. The fourth-order valence-electron chi connectivity index (χ4n) is 2.81. The third-order valence-electron chi connectivity index (χ3n) is 4.41. The minimum absolute atomic E-state index is 0.00328. The Labute approximate surface area is 173 Å². The summed E-state index contributed by atoms with van der Waals surface area (Å²) in [6, 6.07) is 12.1. The molecule has 2 aromatic rings. The standard InChI is InChI=1S/C22H24F3N3O2/c1-3-4-8-19(23)16-6-5-7-17(13-16)20(27-22(26)28(2)14-29)15-9-11-18(12-10-15)30-21(24)25/h3,5-7,9-14,19-21H,1,4,8H2,2H3,(H2,26,27). The molecular formula is C22H24F3N3O2. The molecule has 0 aliphatic carbocycles. The maximum absolute atomic E-state index is 14.5. The van der Waals surface area contributed by atoms with Crippen LogP contribution in [-0.4, -0.2) is 30.9 Å². The summed E-state index contributed by atoms with van der Waals surface area (Å²) in [5.41, 5.74) is 7.63. The number of aliphatic imine (C=N–C) groups is 1. The molecular weight excluding hydrogens is 395 g/mol. The lowest BCUT2D eigenvalue weighted by molar-refractivity contribution is -0.114. The number of nitrogens with zero attached hydrogens (tertiary/aromatic N) is 2. The number of amides is 1. The predicted molar refractivity (Wildman–Crippen MR) is 110 cm³/mol. The largest absolute Gasteiger partial charge is 0.435 e. The molecule has 0 aliphatic heterocycles. The van der Waals surface area contributed by atoms with E-state index in [0.29, 0.717) is 35.9 Å². The lowest BCUT2D eigenvalue weighted by atomic mass is 9.95. The van der Waals surface area contributed by atoms with E-state index < -0.39 is 18.8 Å². The second-order valence-corrected chi connectivity index (χ2v) is 6.56. The van der Waals surface area contributed by atoms with Crippen LogP contribution in [-0.2, 0) is 4.79 Å². The van der Waals surface area contributed by atoms with Crippen molar-refractivity contribution in [3.8, 4) is 5.75 Å². The van der Waals surface area contributed by atoms with Crippen LogP contribution in [0.25, 0.3) is 0 Å². The van der Waals surface area contributed by atoms with E-state index in [1.807, 2.05) is 0 Å². The van der Waals surface area contributed by atoms with Gasteiger partial charge in [0.05, 0.1) is 0 Å². The molecule has 160 valence electrons. The maximum atomic E-state index is 14.5. The van der Waals surface area contributed by atoms with Crippen molar-refractivity contribution in [1.82, 2.24) is 4.90 Å². The first-order valence-corrected chi connectivity index (χ1v) is 9.26. The van der Waals surface area contributed by atoms with Crippen molar-refractivity contribution in [2.75, 3.05) is 7.05 Å². The molecule has 2 unspecified atom stereocenters. The van der Waals surface area contributed by atoms with Crippen molar-refractivity contribution in [3.63, 3.8) is 0 Å². The van der Waals surface area contributed by atoms with Crippen LogP contribution in [0.15, 0.2) is 66.2 Å². The molecule has 0 heterocycles. The van der Waals surface area contributed by atoms with Gasteiger partial charge in [-0.25, -0.2) is 9.38 Å². The SMILES string of the molecule is C=CCCC(F)c1cccc(C(/N=C(/N)N(C)C=O)c2ccc(OC(F)F)cc2)c1. The number of allylic oxidation sites excluding steroid dienone is 1. The Morgan fingerprint density at radius 3 is 2.43 bits per heavy atom. The molecule has 5 nitrogen and oxygen atoms in total. The summed E-state index contributed by atoms with van der Waals surface area (Å²) in [6.45, 7) is 0.670. The van der Waals surface area contributed by atoms with Gasteiger partial charge in [0.25, 0.3) is 0 Å². The zero-order chi connectivity index (χ0) is 22.1. The highest BCUT2D eigenvalue weighted by atomic mass is 19.3. The summed E-state index contributed by atoms with van der Waals surface area (Å²) < 4.78 is 43.7. The zero-order valence-corrected chi connectivity index (χ0v) is 16.5. The Hall–Kier alpha value is -3.29. The lowest BCUT2D eigenvalue weighted by Gasteiger charge is -2.19. The van der Waals surface area contributed by atoms with Gasteiger partial charge in [0.2, 0.25) is 6.41 Å². The molecule has 2 atom stereocenters. The van der Waals surface area contributed by atoms with E-state index in [-0.39, 0.29) is 11.7 Å². The van der Waals surface area contributed by atoms with Crippen LogP contribution in [0.3, 0.4) is 0 Å². The van der Waals surface area contributed by atoms with E-state index in [0.717, 1.165) is 4.90 Å². The van der Waals surface area contributed by atoms with Gasteiger partial charge in [-0.05, 0) is 41.7 Å². The van der Waals surface area contributed by atoms with Crippen molar-refractivity contribution in [1.29, 1.82) is 0 Å². The van der Waals surface area contributed by atoms with Crippen LogP contribution in [0.5, 0.6) is 5.75 Å². The molecule has 0 saturated heterocycles. The van der Waals surface area contributed by atoms with Crippen molar-refractivity contribution in [2.24, 2.45) is 10.7 Å². The quantitative estimate of drug-likeness (QED) is 0.261. The zero-order valence-electron chi connectivity index (χ0n) is 16.5. The second-order valence-electron chi connectivity index (χ2n) is 6.56. The molecule has 0 fully saturated rings. The fourth-order valence-corrected chi connectivity index (χ4v) is 2.81. The minimum atomic E-state index is -2.93. The van der Waals surface area contributed by atoms with Crippen molar-refractivity contribution in [2.45, 2.75) is 31.7 Å². The minimum Gasteiger partial charge on any atom is -0.435 e. The van der Waals surface area contributed by atoms with Crippen LogP contribution < -0.4 is 10.5 Å². The highest BCUT2D eigenvalue weighted by molar-refractivity contribution is 5.87. The molecule has 8 heteroatoms. The summed E-state index contributed by atoms with van der Waals surface area (Å²) in [7, 11) is 1.45. The topological polar surface area (TPSA) is 67.9 Å². The monoisotopic (exact) mass is 419 g/mol. The van der Waals surface area contributed by atoms with E-state index in [4.69, 9.17) is 5.73 Å². The number of hydrogen-bond acceptors (Lipinski definition) is 3. The number of rotatable bonds is 10. The number of nitrogens with two attached hydrogens (primary N) is 1. The Balaban J connectivity index is 2.44. The van der Waals surface area contributed by atoms with Gasteiger partial charge in [0.1, 0.15) is 18.0 Å². The molecule has 30 heavy (non-hydrogen) atoms. The molecule has 2 N–H and O–H groups in total. The first-order valence-electron chi connectivity index (χ1n) is 9.26. The van der Waals surface area contributed by atoms with Gasteiger partial charge in [-0.15, -0.1) is 6.58 Å². The van der Waals surface area contributed by atoms with Crippen molar-refractivity contribution in [3.05, 3.63) is 77.9 Å². The van der Waals surface area contributed by atoms with Gasteiger partial charge in [-0.3, -0.25) is 9.69 Å². The Kier molecular flexibility index (Phi) is 8.46. The third-order valence-corrected chi connectivity index (χ3v) is 4.41. The van der Waals surface area contributed by atoms with Gasteiger partial charge in [0.15, 0.2) is 5.96 Å². The highest BCUT2D eigenvalue weighted by Gasteiger charge is 2.18. The van der Waals surface area contributed by atoms with Crippen LogP contribution in [0.2, 0.25) is 0 Å². The molecule has 0 saturated carbocycles. The third kappa shape index (κ3) is 6.37. The average Bonchev–Trinajstić information content (AvgIpc) is 2.75. The first kappa shape index (κ1) is 23.0.